The van der Waals surface area contributed by atoms with Gasteiger partial charge in [-0.1, -0.05) is 24.3 Å². The average molecular weight is 287 g/mol. The van der Waals surface area contributed by atoms with Gasteiger partial charge in [-0.3, -0.25) is 9.59 Å². The average Bonchev–Trinajstić information content (AvgIpc) is 2.45. The van der Waals surface area contributed by atoms with E-state index in [1.165, 1.54) is 6.42 Å². The summed E-state index contributed by atoms with van der Waals surface area (Å²) in [6, 6.07) is 8.17. The highest BCUT2D eigenvalue weighted by molar-refractivity contribution is 5.99. The summed E-state index contributed by atoms with van der Waals surface area (Å²) < 4.78 is 0. The van der Waals surface area contributed by atoms with E-state index in [-0.39, 0.29) is 11.7 Å². The van der Waals surface area contributed by atoms with Crippen LogP contribution in [-0.2, 0) is 4.79 Å². The van der Waals surface area contributed by atoms with Gasteiger partial charge < -0.3 is 4.90 Å². The van der Waals surface area contributed by atoms with E-state index in [2.05, 4.69) is 13.8 Å². The normalized spacial score (nSPS) is 22.1. The van der Waals surface area contributed by atoms with Crippen molar-refractivity contribution in [3.05, 3.63) is 35.4 Å². The van der Waals surface area contributed by atoms with Crippen LogP contribution in [0.5, 0.6) is 0 Å². The maximum Gasteiger partial charge on any atom is 0.223 e. The van der Waals surface area contributed by atoms with E-state index in [4.69, 9.17) is 0 Å². The molecule has 3 heteroatoms. The predicted octanol–water partition coefficient (Wildman–Crippen LogP) is 3.75. The maximum atomic E-state index is 12.4. The molecule has 2 unspecified atom stereocenters. The Morgan fingerprint density at radius 2 is 1.71 bits per heavy atom. The lowest BCUT2D eigenvalue weighted by Gasteiger charge is -2.39. The van der Waals surface area contributed by atoms with Crippen LogP contribution >= 0.6 is 0 Å². The summed E-state index contributed by atoms with van der Waals surface area (Å²) in [7, 11) is 0. The van der Waals surface area contributed by atoms with Gasteiger partial charge in [-0.15, -0.1) is 0 Å². The Kier molecular flexibility index (Phi) is 5.16. The van der Waals surface area contributed by atoms with Crippen LogP contribution in [0.3, 0.4) is 0 Å². The molecule has 0 saturated carbocycles. The van der Waals surface area contributed by atoms with E-state index in [0.29, 0.717) is 24.9 Å². The number of hydrogen-bond donors (Lipinski definition) is 0. The molecule has 1 aliphatic rings. The number of aryl methyl sites for hydroxylation is 1. The number of likely N-dealkylation sites (tertiary alicyclic amines) is 1. The van der Waals surface area contributed by atoms with Gasteiger partial charge >= 0.3 is 0 Å². The fraction of sp³-hybridized carbons (Fsp3) is 0.556. The molecule has 0 spiro atoms. The predicted molar refractivity (Wildman–Crippen MR) is 84.4 cm³/mol. The van der Waals surface area contributed by atoms with Crippen molar-refractivity contribution in [2.45, 2.75) is 65.0 Å². The van der Waals surface area contributed by atoms with Gasteiger partial charge in [0.1, 0.15) is 0 Å². The lowest BCUT2D eigenvalue weighted by atomic mass is 9.96. The lowest BCUT2D eigenvalue weighted by molar-refractivity contribution is -0.137. The Hall–Kier alpha value is -1.64. The Morgan fingerprint density at radius 1 is 1.10 bits per heavy atom. The second kappa shape index (κ2) is 6.88. The molecule has 2 rings (SSSR count). The minimum absolute atomic E-state index is 0.0683. The van der Waals surface area contributed by atoms with Crippen molar-refractivity contribution >= 4 is 11.7 Å². The largest absolute Gasteiger partial charge is 0.337 e. The number of carbonyl (C=O) groups is 2. The molecule has 0 radical (unpaired) electrons. The van der Waals surface area contributed by atoms with Crippen LogP contribution in [0.25, 0.3) is 0 Å². The van der Waals surface area contributed by atoms with Crippen LogP contribution in [0.1, 0.15) is 61.9 Å². The Bertz CT molecular complexity index is 514. The quantitative estimate of drug-likeness (QED) is 0.791. The molecule has 1 amide bonds. The monoisotopic (exact) mass is 287 g/mol. The third kappa shape index (κ3) is 3.72. The second-order valence-electron chi connectivity index (χ2n) is 6.17. The van der Waals surface area contributed by atoms with Crippen molar-refractivity contribution in [1.29, 1.82) is 0 Å². The first-order valence-corrected chi connectivity index (χ1v) is 7.90. The number of amides is 1. The van der Waals surface area contributed by atoms with Crippen LogP contribution < -0.4 is 0 Å². The van der Waals surface area contributed by atoms with Crippen LogP contribution in [0.4, 0.5) is 0 Å². The summed E-state index contributed by atoms with van der Waals surface area (Å²) in [6.07, 6.45) is 3.96. The molecular formula is C18H25NO2. The summed E-state index contributed by atoms with van der Waals surface area (Å²) in [5, 5.41) is 0. The van der Waals surface area contributed by atoms with Gasteiger partial charge in [0.2, 0.25) is 5.91 Å². The first-order chi connectivity index (χ1) is 10.0. The molecule has 0 N–H and O–H groups in total. The van der Waals surface area contributed by atoms with Crippen LogP contribution in [0.2, 0.25) is 0 Å². The first kappa shape index (κ1) is 15.7. The van der Waals surface area contributed by atoms with E-state index in [0.717, 1.165) is 24.0 Å². The summed E-state index contributed by atoms with van der Waals surface area (Å²) in [4.78, 5) is 26.6. The zero-order chi connectivity index (χ0) is 15.4. The molecule has 0 bridgehead atoms. The van der Waals surface area contributed by atoms with Crippen molar-refractivity contribution in [1.82, 2.24) is 4.90 Å². The van der Waals surface area contributed by atoms with Crippen molar-refractivity contribution in [2.24, 2.45) is 0 Å². The van der Waals surface area contributed by atoms with Crippen molar-refractivity contribution < 1.29 is 9.59 Å². The van der Waals surface area contributed by atoms with Crippen molar-refractivity contribution in [2.75, 3.05) is 0 Å². The Balaban J connectivity index is 1.95. The molecule has 1 aromatic carbocycles. The van der Waals surface area contributed by atoms with E-state index in [1.807, 2.05) is 36.1 Å². The van der Waals surface area contributed by atoms with Gasteiger partial charge in [-0.2, -0.15) is 0 Å². The number of benzene rings is 1. The van der Waals surface area contributed by atoms with E-state index in [1.54, 1.807) is 0 Å². The Labute approximate surface area is 127 Å². The molecular weight excluding hydrogens is 262 g/mol. The molecule has 0 aromatic heterocycles. The van der Waals surface area contributed by atoms with E-state index in [9.17, 15) is 9.59 Å². The zero-order valence-corrected chi connectivity index (χ0v) is 13.3. The van der Waals surface area contributed by atoms with Gasteiger partial charge in [0, 0.05) is 30.5 Å². The first-order valence-electron chi connectivity index (χ1n) is 7.90. The molecule has 114 valence electrons. The summed E-state index contributed by atoms with van der Waals surface area (Å²) in [5.74, 6) is 0.190. The van der Waals surface area contributed by atoms with E-state index >= 15 is 0 Å². The maximum absolute atomic E-state index is 12.4. The number of ketones is 1. The van der Waals surface area contributed by atoms with Crippen LogP contribution in [-0.4, -0.2) is 28.7 Å². The highest BCUT2D eigenvalue weighted by Gasteiger charge is 2.28. The van der Waals surface area contributed by atoms with Crippen molar-refractivity contribution in [3.8, 4) is 0 Å². The molecule has 1 saturated heterocycles. The number of hydrogen-bond acceptors (Lipinski definition) is 2. The summed E-state index contributed by atoms with van der Waals surface area (Å²) in [6.45, 7) is 6.15. The van der Waals surface area contributed by atoms with Gasteiger partial charge in [0.25, 0.3) is 0 Å². The van der Waals surface area contributed by atoms with Crippen molar-refractivity contribution in [3.63, 3.8) is 0 Å². The SMILES string of the molecule is Cc1ccccc1C(=O)CCC(=O)N1C(C)CCCC1C. The van der Waals surface area contributed by atoms with Gasteiger partial charge in [0.05, 0.1) is 0 Å². The minimum Gasteiger partial charge on any atom is -0.337 e. The standard InChI is InChI=1S/C18H25NO2/c1-13-7-4-5-10-16(13)17(20)11-12-18(21)19-14(2)8-6-9-15(19)3/h4-5,7,10,14-15H,6,8-9,11-12H2,1-3H3. The van der Waals surface area contributed by atoms with Gasteiger partial charge in [-0.25, -0.2) is 0 Å². The third-order valence-electron chi connectivity index (χ3n) is 4.49. The molecule has 3 nitrogen and oxygen atoms in total. The summed E-state index contributed by atoms with van der Waals surface area (Å²) in [5.41, 5.74) is 1.72. The number of carbonyl (C=O) groups excluding carboxylic acids is 2. The zero-order valence-electron chi connectivity index (χ0n) is 13.3. The smallest absolute Gasteiger partial charge is 0.223 e. The second-order valence-corrected chi connectivity index (χ2v) is 6.17. The van der Waals surface area contributed by atoms with Crippen LogP contribution in [0.15, 0.2) is 24.3 Å². The Morgan fingerprint density at radius 3 is 2.33 bits per heavy atom. The third-order valence-corrected chi connectivity index (χ3v) is 4.49. The topological polar surface area (TPSA) is 37.4 Å². The molecule has 21 heavy (non-hydrogen) atoms. The summed E-state index contributed by atoms with van der Waals surface area (Å²) >= 11 is 0. The van der Waals surface area contributed by atoms with Gasteiger partial charge in [-0.05, 0) is 45.6 Å². The number of piperidine rings is 1. The van der Waals surface area contributed by atoms with Gasteiger partial charge in [0.15, 0.2) is 5.78 Å². The number of Topliss-reactive ketones (excluding diaryl/α,β-unsaturated/α-hetero) is 1. The molecule has 0 aliphatic carbocycles. The molecule has 1 aromatic rings. The number of rotatable bonds is 4. The van der Waals surface area contributed by atoms with Crippen LogP contribution in [0, 0.1) is 6.92 Å². The fourth-order valence-electron chi connectivity index (χ4n) is 3.28. The molecule has 1 fully saturated rings. The lowest BCUT2D eigenvalue weighted by Crippen LogP contribution is -2.47. The van der Waals surface area contributed by atoms with E-state index < -0.39 is 0 Å². The highest BCUT2D eigenvalue weighted by Crippen LogP contribution is 2.24. The number of nitrogens with zero attached hydrogens (tertiary/aromatic N) is 1. The minimum atomic E-state index is 0.0683. The molecule has 1 heterocycles. The fourth-order valence-corrected chi connectivity index (χ4v) is 3.28. The molecule has 2 atom stereocenters. The highest BCUT2D eigenvalue weighted by atomic mass is 16.2. The molecule has 1 aliphatic heterocycles.